The number of carbonyl (C=O) groups excluding carboxylic acids is 5. The van der Waals surface area contributed by atoms with Gasteiger partial charge in [0.1, 0.15) is 78.8 Å². The maximum absolute atomic E-state index is 15.4. The van der Waals surface area contributed by atoms with Gasteiger partial charge in [-0.2, -0.15) is 0 Å². The lowest BCUT2D eigenvalue weighted by atomic mass is 10.1. The normalized spacial score (nSPS) is 33.9. The third kappa shape index (κ3) is 19.2. The molecule has 4 fully saturated rings. The highest BCUT2D eigenvalue weighted by molar-refractivity contribution is 5.89. The van der Waals surface area contributed by atoms with E-state index in [0.717, 1.165) is 49.1 Å². The molecule has 4 saturated heterocycles. The van der Waals surface area contributed by atoms with Crippen molar-refractivity contribution in [1.82, 2.24) is 38.9 Å². The molecule has 8 heterocycles. The molecule has 560 valence electrons. The molecule has 0 saturated carbocycles. The first-order valence-corrected chi connectivity index (χ1v) is 29.7. The molecule has 39 nitrogen and oxygen atoms in total. The fourth-order valence-corrected chi connectivity index (χ4v) is 8.47. The molecule has 3 aromatic heterocycles. The van der Waals surface area contributed by atoms with Crippen LogP contribution in [0.3, 0.4) is 0 Å². The standard InChI is InChI=1S/C15H22FN3O6.3C14H20FN3O7/c1-7(2)10(17)14(23)24-6-15(16)12(22)11(21)13(25-15)19-5-4-9(20)18-8(19)3;3*1-6(2)8(16)12(22)24-5-14(15)10(21)9(20)11(25-14)18-4-3-7(19)17-13(18)23/h4-5,7,10-13,21-22H,3,6,17H2,1-2H3,(H,18,20);3*3-4,6,8-11,20-21H,5,16H2,1-2H3,(H,17,19,23)/t10-,11+,12-,13+,15+;3*8-,9+,10-,11+,14+/m0000/s1/i6D2,13D;11D;5D2;. The number of aliphatic hydroxyl groups excluding tert-OH is 8. The number of aromatic amines is 3. The summed E-state index contributed by atoms with van der Waals surface area (Å²) in [6.45, 7) is 6.87. The van der Waals surface area contributed by atoms with Crippen molar-refractivity contribution in [3.05, 3.63) is 124 Å². The number of H-pyrrole nitrogens is 3. The summed E-state index contributed by atoms with van der Waals surface area (Å²) in [7, 11) is 0. The topological polar surface area (TPSA) is 605 Å². The van der Waals surface area contributed by atoms with E-state index in [1.807, 2.05) is 15.0 Å². The second kappa shape index (κ2) is 33.5. The quantitative estimate of drug-likeness (QED) is 0.0284. The molecule has 0 aliphatic carbocycles. The Morgan fingerprint density at radius 3 is 1.18 bits per heavy atom. The van der Waals surface area contributed by atoms with E-state index in [-0.39, 0.29) is 17.7 Å². The molecule has 3 aromatic rings. The number of esters is 4. The monoisotopic (exact) mass is 1450 g/mol. The van der Waals surface area contributed by atoms with Crippen molar-refractivity contribution < 1.29 is 129 Å². The van der Waals surface area contributed by atoms with Crippen molar-refractivity contribution >= 4 is 29.8 Å². The Morgan fingerprint density at radius 2 is 0.810 bits per heavy atom. The van der Waals surface area contributed by atoms with Crippen LogP contribution >= 0.6 is 0 Å². The van der Waals surface area contributed by atoms with Gasteiger partial charge in [-0.15, -0.1) is 0 Å². The lowest BCUT2D eigenvalue weighted by Crippen LogP contribution is -2.46. The lowest BCUT2D eigenvalue weighted by molar-refractivity contribution is -0.219. The summed E-state index contributed by atoms with van der Waals surface area (Å²) in [6.07, 6.45) is -22.8. The summed E-state index contributed by atoms with van der Waals surface area (Å²) in [6, 6.07) is -1.93. The van der Waals surface area contributed by atoms with Gasteiger partial charge in [-0.1, -0.05) is 62.0 Å². The number of amides is 1. The summed E-state index contributed by atoms with van der Waals surface area (Å²) in [5, 5.41) is 82.4. The van der Waals surface area contributed by atoms with Gasteiger partial charge in [0.25, 0.3) is 46.0 Å². The van der Waals surface area contributed by atoms with E-state index in [1.165, 1.54) is 0 Å². The number of carbonyl (C=O) groups is 5. The molecule has 20 atom stereocenters. The number of alkyl halides is 4. The predicted octanol–water partition coefficient (Wildman–Crippen LogP) is -7.39. The molecule has 100 heavy (non-hydrogen) atoms. The number of halogens is 4. The molecule has 0 aromatic carbocycles. The van der Waals surface area contributed by atoms with Crippen LogP contribution in [-0.2, 0) is 61.9 Å². The Labute approximate surface area is 569 Å². The Kier molecular flexibility index (Phi) is 24.4. The van der Waals surface area contributed by atoms with Crippen molar-refractivity contribution in [2.24, 2.45) is 46.6 Å². The Hall–Kier alpha value is -8.25. The molecule has 0 spiro atoms. The minimum Gasteiger partial charge on any atom is -0.458 e. The molecule has 0 radical (unpaired) electrons. The van der Waals surface area contributed by atoms with Crippen molar-refractivity contribution in [2.75, 3.05) is 26.3 Å². The van der Waals surface area contributed by atoms with Crippen LogP contribution in [0.5, 0.6) is 0 Å². The van der Waals surface area contributed by atoms with E-state index in [1.54, 1.807) is 55.4 Å². The number of hydrogen-bond donors (Lipinski definition) is 16. The number of aromatic nitrogens is 6. The van der Waals surface area contributed by atoms with Crippen LogP contribution in [0.2, 0.25) is 0 Å². The molecular formula is C57H82F4N12O27. The second-order valence-corrected chi connectivity index (χ2v) is 23.9. The zero-order chi connectivity index (χ0) is 81.2. The number of nitrogens with two attached hydrogens (primary N) is 4. The molecule has 1 amide bonds. The SMILES string of the molecule is CC(C)[C@H](N)C(=O)OC[C@@]1(F)O[C@@H](n2ccc(=O)[nH]c2=O)[C@H](O)[C@@H]1O.[2H]C([2H])(OC(=O)[C@@H](N)C(C)C)[C@@]1(F)O[C@@H](n2ccc(=O)[nH]c2=O)[C@H](O)[C@@H]1O.[2H]C([2H])(OC(=O)[C@@H](N)C(C)C)[C@@]1(F)O[C@@]([2H])(N2C=CC(=O)NC2=C)[C@H](O)[C@@H]1O.[2H][C@@]1(n2ccc(=O)[nH]c2=O)O[C@](F)(COC(=O)[C@@H](N)C(C)C)[C@@H](O)[C@H]1O. The first-order valence-electron chi connectivity index (χ1n) is 32.7. The van der Waals surface area contributed by atoms with Crippen LogP contribution in [0.25, 0.3) is 0 Å². The smallest absolute Gasteiger partial charge is 0.330 e. The highest BCUT2D eigenvalue weighted by atomic mass is 19.2. The third-order valence-corrected chi connectivity index (χ3v) is 15.0. The van der Waals surface area contributed by atoms with Crippen LogP contribution in [0.1, 0.15) is 82.3 Å². The summed E-state index contributed by atoms with van der Waals surface area (Å²) < 4.78 is 147. The third-order valence-electron chi connectivity index (χ3n) is 15.0. The van der Waals surface area contributed by atoms with Crippen LogP contribution in [0.15, 0.2) is 90.2 Å². The van der Waals surface area contributed by atoms with Gasteiger partial charge in [-0.05, 0) is 23.7 Å². The van der Waals surface area contributed by atoms with Gasteiger partial charge in [0.2, 0.25) is 0 Å². The van der Waals surface area contributed by atoms with Gasteiger partial charge >= 0.3 is 40.9 Å². The highest BCUT2D eigenvalue weighted by Gasteiger charge is 2.61. The highest BCUT2D eigenvalue weighted by Crippen LogP contribution is 2.41. The number of aliphatic hydroxyl groups is 8. The van der Waals surface area contributed by atoms with Crippen molar-refractivity contribution in [2.45, 2.75) is 177 Å². The minimum absolute atomic E-state index is 0.254. The van der Waals surface area contributed by atoms with Crippen LogP contribution in [0, 0.1) is 23.7 Å². The number of ether oxygens (including phenoxy) is 8. The van der Waals surface area contributed by atoms with Crippen molar-refractivity contribution in [1.29, 1.82) is 0 Å². The van der Waals surface area contributed by atoms with Crippen LogP contribution < -0.4 is 62.0 Å². The van der Waals surface area contributed by atoms with Gasteiger partial charge < -0.3 is 112 Å². The van der Waals surface area contributed by atoms with Gasteiger partial charge in [0.15, 0.2) is 51.2 Å². The first kappa shape index (κ1) is 73.0. The first-order chi connectivity index (χ1) is 48.5. The van der Waals surface area contributed by atoms with Gasteiger partial charge in [-0.25, -0.2) is 31.9 Å². The molecule has 5 aliphatic rings. The number of rotatable bonds is 20. The Morgan fingerprint density at radius 1 is 0.510 bits per heavy atom. The van der Waals surface area contributed by atoms with E-state index < -0.39 is 223 Å². The van der Waals surface area contributed by atoms with E-state index in [9.17, 15) is 102 Å². The number of nitrogens with one attached hydrogen (secondary N) is 4. The second-order valence-electron chi connectivity index (χ2n) is 23.9. The average Bonchev–Trinajstić information content (AvgIpc) is 1.49. The van der Waals surface area contributed by atoms with Gasteiger partial charge in [0, 0.05) is 49.1 Å². The number of nitrogens with zero attached hydrogens (tertiary/aromatic N) is 4. The molecule has 0 unspecified atom stereocenters. The summed E-state index contributed by atoms with van der Waals surface area (Å²) in [5.41, 5.74) is 16.7. The molecule has 0 bridgehead atoms. The predicted molar refractivity (Wildman–Crippen MR) is 326 cm³/mol. The molecular weight excluding hydrogens is 1360 g/mol. The van der Waals surface area contributed by atoms with Gasteiger partial charge in [-0.3, -0.25) is 67.0 Å². The van der Waals surface area contributed by atoms with E-state index >= 15 is 8.78 Å². The Balaban J connectivity index is 0.000000254. The van der Waals surface area contributed by atoms with Crippen LogP contribution in [0.4, 0.5) is 17.6 Å². The maximum Gasteiger partial charge on any atom is 0.330 e. The minimum atomic E-state index is -3.84. The zero-order valence-electron chi connectivity index (χ0n) is 60.1. The van der Waals surface area contributed by atoms with Gasteiger partial charge in [0.05, 0.1) is 8.22 Å². The zero-order valence-corrected chi connectivity index (χ0v) is 54.1. The van der Waals surface area contributed by atoms with Crippen molar-refractivity contribution in [3.63, 3.8) is 0 Å². The molecule has 5 aliphatic heterocycles. The van der Waals surface area contributed by atoms with Crippen LogP contribution in [-0.4, -0.2) is 233 Å². The molecule has 8 rings (SSSR count). The summed E-state index contributed by atoms with van der Waals surface area (Å²) >= 11 is 0. The number of hydrogen-bond acceptors (Lipinski definition) is 32. The average molecular weight is 1450 g/mol. The van der Waals surface area contributed by atoms with E-state index in [2.05, 4.69) is 26.1 Å². The maximum atomic E-state index is 15.4. The Bertz CT molecular complexity index is 4120. The largest absolute Gasteiger partial charge is 0.458 e. The lowest BCUT2D eigenvalue weighted by Gasteiger charge is -2.32. The van der Waals surface area contributed by atoms with E-state index in [4.69, 9.17) is 54.8 Å². The summed E-state index contributed by atoms with van der Waals surface area (Å²) in [5.74, 6) is -20.5. The fraction of sp³-hybridized carbons (Fsp3) is 0.632. The fourth-order valence-electron chi connectivity index (χ4n) is 8.47. The summed E-state index contributed by atoms with van der Waals surface area (Å²) in [4.78, 5) is 133. The molecule has 43 heteroatoms. The molecule has 20 N–H and O–H groups in total. The van der Waals surface area contributed by atoms with E-state index in [0.29, 0.717) is 18.6 Å². The van der Waals surface area contributed by atoms with Crippen molar-refractivity contribution in [3.8, 4) is 0 Å².